The highest BCUT2D eigenvalue weighted by molar-refractivity contribution is 5.97. The van der Waals surface area contributed by atoms with Gasteiger partial charge in [-0.15, -0.1) is 0 Å². The number of alkyl halides is 4. The number of hydrogen-bond donors (Lipinski definition) is 2. The SMILES string of the molecule is N[C@H]1CC[C@H](NC(=O)c2ccccc2OC(F)(F)C(F)F)C1. The molecule has 0 radical (unpaired) electrons. The zero-order valence-corrected chi connectivity index (χ0v) is 11.6. The maximum absolute atomic E-state index is 13.0. The fourth-order valence-corrected chi connectivity index (χ4v) is 2.35. The molecule has 0 unspecified atom stereocenters. The molecule has 0 aromatic heterocycles. The summed E-state index contributed by atoms with van der Waals surface area (Å²) in [7, 11) is 0. The second kappa shape index (κ2) is 6.51. The molecule has 0 spiro atoms. The lowest BCUT2D eigenvalue weighted by atomic mass is 10.1. The van der Waals surface area contributed by atoms with Crippen LogP contribution >= 0.6 is 0 Å². The number of rotatable bonds is 5. The van der Waals surface area contributed by atoms with Gasteiger partial charge in [0.2, 0.25) is 0 Å². The molecule has 2 rings (SSSR count). The lowest BCUT2D eigenvalue weighted by Crippen LogP contribution is -2.36. The molecule has 22 heavy (non-hydrogen) atoms. The van der Waals surface area contributed by atoms with Crippen molar-refractivity contribution >= 4 is 5.91 Å². The zero-order chi connectivity index (χ0) is 16.3. The summed E-state index contributed by atoms with van der Waals surface area (Å²) in [5, 5.41) is 2.65. The minimum Gasteiger partial charge on any atom is -0.427 e. The fraction of sp³-hybridized carbons (Fsp3) is 0.500. The van der Waals surface area contributed by atoms with E-state index in [9.17, 15) is 22.4 Å². The number of carbonyl (C=O) groups is 1. The number of amides is 1. The van der Waals surface area contributed by atoms with Crippen molar-refractivity contribution < 1.29 is 27.1 Å². The summed E-state index contributed by atoms with van der Waals surface area (Å²) in [6, 6.07) is 4.86. The first-order valence-electron chi connectivity index (χ1n) is 6.80. The Bertz CT molecular complexity index is 539. The quantitative estimate of drug-likeness (QED) is 0.820. The summed E-state index contributed by atoms with van der Waals surface area (Å²) in [6.07, 6.45) is -6.62. The number of halogens is 4. The maximum Gasteiger partial charge on any atom is 0.461 e. The number of nitrogens with one attached hydrogen (secondary N) is 1. The third-order valence-electron chi connectivity index (χ3n) is 3.44. The van der Waals surface area contributed by atoms with Gasteiger partial charge in [-0.1, -0.05) is 12.1 Å². The standard InChI is InChI=1S/C14H16F4N2O2/c15-13(16)14(17,18)22-11-4-2-1-3-10(11)12(21)20-9-6-5-8(19)7-9/h1-4,8-9,13H,5-7,19H2,(H,20,21)/t8-,9-/m0/s1. The van der Waals surface area contributed by atoms with Crippen molar-refractivity contribution in [3.8, 4) is 5.75 Å². The molecule has 4 nitrogen and oxygen atoms in total. The Balaban J connectivity index is 2.12. The van der Waals surface area contributed by atoms with Gasteiger partial charge in [0, 0.05) is 12.1 Å². The molecule has 1 amide bonds. The van der Waals surface area contributed by atoms with Gasteiger partial charge in [-0.3, -0.25) is 4.79 Å². The van der Waals surface area contributed by atoms with Crippen molar-refractivity contribution in [3.05, 3.63) is 29.8 Å². The Labute approximate surface area is 124 Å². The van der Waals surface area contributed by atoms with Gasteiger partial charge in [0.1, 0.15) is 5.75 Å². The number of ether oxygens (including phenoxy) is 1. The molecule has 0 saturated heterocycles. The fourth-order valence-electron chi connectivity index (χ4n) is 2.35. The van der Waals surface area contributed by atoms with E-state index >= 15 is 0 Å². The van der Waals surface area contributed by atoms with Crippen LogP contribution in [-0.4, -0.2) is 30.5 Å². The molecule has 1 aliphatic rings. The van der Waals surface area contributed by atoms with Crippen LogP contribution in [-0.2, 0) is 0 Å². The average Bonchev–Trinajstić information content (AvgIpc) is 2.84. The second-order valence-electron chi connectivity index (χ2n) is 5.20. The van der Waals surface area contributed by atoms with E-state index in [1.165, 1.54) is 18.2 Å². The minimum absolute atomic E-state index is 0.0139. The lowest BCUT2D eigenvalue weighted by molar-refractivity contribution is -0.253. The Kier molecular flexibility index (Phi) is 4.90. The average molecular weight is 320 g/mol. The second-order valence-corrected chi connectivity index (χ2v) is 5.20. The highest BCUT2D eigenvalue weighted by Crippen LogP contribution is 2.30. The van der Waals surface area contributed by atoms with Gasteiger partial charge >= 0.3 is 12.5 Å². The minimum atomic E-state index is -4.66. The van der Waals surface area contributed by atoms with Gasteiger partial charge in [-0.25, -0.2) is 0 Å². The first-order chi connectivity index (χ1) is 10.3. The zero-order valence-electron chi connectivity index (χ0n) is 11.6. The highest BCUT2D eigenvalue weighted by Gasteiger charge is 2.44. The van der Waals surface area contributed by atoms with Crippen molar-refractivity contribution in [1.29, 1.82) is 0 Å². The third-order valence-corrected chi connectivity index (χ3v) is 3.44. The van der Waals surface area contributed by atoms with Gasteiger partial charge in [0.25, 0.3) is 5.91 Å². The summed E-state index contributed by atoms with van der Waals surface area (Å²) < 4.78 is 54.5. The molecule has 3 N–H and O–H groups in total. The lowest BCUT2D eigenvalue weighted by Gasteiger charge is -2.19. The Morgan fingerprint density at radius 1 is 1.32 bits per heavy atom. The van der Waals surface area contributed by atoms with Gasteiger partial charge in [0.05, 0.1) is 5.56 Å². The first kappa shape index (κ1) is 16.5. The van der Waals surface area contributed by atoms with Crippen molar-refractivity contribution in [2.75, 3.05) is 0 Å². The molecule has 2 atom stereocenters. The molecule has 8 heteroatoms. The van der Waals surface area contributed by atoms with Gasteiger partial charge in [-0.2, -0.15) is 17.6 Å². The van der Waals surface area contributed by atoms with Gasteiger partial charge in [0.15, 0.2) is 0 Å². The van der Waals surface area contributed by atoms with Crippen LogP contribution in [0, 0.1) is 0 Å². The van der Waals surface area contributed by atoms with E-state index in [-0.39, 0.29) is 17.6 Å². The summed E-state index contributed by atoms with van der Waals surface area (Å²) in [6.45, 7) is 0. The third kappa shape index (κ3) is 3.88. The molecule has 0 aliphatic heterocycles. The van der Waals surface area contributed by atoms with Crippen LogP contribution in [0.2, 0.25) is 0 Å². The highest BCUT2D eigenvalue weighted by atomic mass is 19.3. The Morgan fingerprint density at radius 3 is 2.59 bits per heavy atom. The molecule has 1 aromatic rings. The van der Waals surface area contributed by atoms with Crippen LogP contribution in [0.1, 0.15) is 29.6 Å². The van der Waals surface area contributed by atoms with Crippen LogP contribution in [0.4, 0.5) is 17.6 Å². The van der Waals surface area contributed by atoms with E-state index in [1.54, 1.807) is 0 Å². The molecule has 1 fully saturated rings. The molecule has 0 heterocycles. The van der Waals surface area contributed by atoms with Crippen LogP contribution in [0.3, 0.4) is 0 Å². The summed E-state index contributed by atoms with van der Waals surface area (Å²) >= 11 is 0. The van der Waals surface area contributed by atoms with E-state index in [2.05, 4.69) is 10.1 Å². The van der Waals surface area contributed by atoms with Crippen LogP contribution < -0.4 is 15.8 Å². The number of hydrogen-bond acceptors (Lipinski definition) is 3. The van der Waals surface area contributed by atoms with Gasteiger partial charge < -0.3 is 15.8 Å². The predicted octanol–water partition coefficient (Wildman–Crippen LogP) is 2.53. The largest absolute Gasteiger partial charge is 0.461 e. The molecule has 0 bridgehead atoms. The van der Waals surface area contributed by atoms with E-state index in [0.717, 1.165) is 12.5 Å². The Morgan fingerprint density at radius 2 is 2.00 bits per heavy atom. The molecule has 1 aliphatic carbocycles. The Hall–Kier alpha value is -1.83. The summed E-state index contributed by atoms with van der Waals surface area (Å²) in [4.78, 5) is 12.1. The van der Waals surface area contributed by atoms with Crippen LogP contribution in [0.15, 0.2) is 24.3 Å². The normalized spacial score (nSPS) is 21.9. The van der Waals surface area contributed by atoms with Crippen molar-refractivity contribution in [3.63, 3.8) is 0 Å². The van der Waals surface area contributed by atoms with Crippen LogP contribution in [0.25, 0.3) is 0 Å². The molecular weight excluding hydrogens is 304 g/mol. The number of para-hydroxylation sites is 1. The molecule has 1 aromatic carbocycles. The van der Waals surface area contributed by atoms with Gasteiger partial charge in [-0.05, 0) is 31.4 Å². The smallest absolute Gasteiger partial charge is 0.427 e. The number of nitrogens with two attached hydrogens (primary N) is 1. The van der Waals surface area contributed by atoms with E-state index < -0.39 is 24.2 Å². The predicted molar refractivity (Wildman–Crippen MR) is 71.1 cm³/mol. The van der Waals surface area contributed by atoms with Crippen molar-refractivity contribution in [2.24, 2.45) is 5.73 Å². The van der Waals surface area contributed by atoms with E-state index in [1.807, 2.05) is 0 Å². The topological polar surface area (TPSA) is 64.3 Å². The summed E-state index contributed by atoms with van der Waals surface area (Å²) in [5.41, 5.74) is 5.51. The maximum atomic E-state index is 13.0. The van der Waals surface area contributed by atoms with Crippen molar-refractivity contribution in [1.82, 2.24) is 5.32 Å². The molecule has 1 saturated carbocycles. The number of benzene rings is 1. The molecule has 122 valence electrons. The number of carbonyl (C=O) groups excluding carboxylic acids is 1. The summed E-state index contributed by atoms with van der Waals surface area (Å²) in [5.74, 6) is -1.24. The van der Waals surface area contributed by atoms with Crippen molar-refractivity contribution in [2.45, 2.75) is 43.9 Å². The first-order valence-corrected chi connectivity index (χ1v) is 6.80. The van der Waals surface area contributed by atoms with E-state index in [0.29, 0.717) is 12.8 Å². The van der Waals surface area contributed by atoms with E-state index in [4.69, 9.17) is 5.73 Å². The van der Waals surface area contributed by atoms with Crippen LogP contribution in [0.5, 0.6) is 5.75 Å². The monoisotopic (exact) mass is 320 g/mol. The molecular formula is C14H16F4N2O2.